The van der Waals surface area contributed by atoms with Crippen molar-refractivity contribution in [1.29, 1.82) is 0 Å². The third-order valence-corrected chi connectivity index (χ3v) is 3.57. The van der Waals surface area contributed by atoms with E-state index in [1.54, 1.807) is 0 Å². The molecule has 0 aliphatic rings. The van der Waals surface area contributed by atoms with Crippen LogP contribution >= 0.6 is 0 Å². The molecule has 0 amide bonds. The van der Waals surface area contributed by atoms with Gasteiger partial charge in [0.05, 0.1) is 0 Å². The van der Waals surface area contributed by atoms with Crippen LogP contribution in [0.3, 0.4) is 0 Å². The second-order valence-electron chi connectivity index (χ2n) is 4.87. The molecule has 0 saturated heterocycles. The average molecular weight is 252 g/mol. The Balaban J connectivity index is 2.42. The highest BCUT2D eigenvalue weighted by Crippen LogP contribution is 2.41. The number of phenolic OH excluding ortho intramolecular Hbond substituents is 2. The lowest BCUT2D eigenvalue weighted by atomic mass is 9.98. The molecular weight excluding hydrogens is 236 g/mol. The van der Waals surface area contributed by atoms with Crippen LogP contribution in [0.25, 0.3) is 21.5 Å². The van der Waals surface area contributed by atoms with Crippen LogP contribution in [-0.2, 0) is 6.42 Å². The van der Waals surface area contributed by atoms with Crippen LogP contribution in [0.4, 0.5) is 0 Å². The van der Waals surface area contributed by atoms with Gasteiger partial charge in [-0.3, -0.25) is 0 Å². The first-order chi connectivity index (χ1) is 9.22. The van der Waals surface area contributed by atoms with Crippen molar-refractivity contribution in [3.05, 3.63) is 48.0 Å². The van der Waals surface area contributed by atoms with Crippen molar-refractivity contribution in [3.63, 3.8) is 0 Å². The van der Waals surface area contributed by atoms with Crippen molar-refractivity contribution in [2.45, 2.75) is 19.8 Å². The fourth-order valence-electron chi connectivity index (χ4n) is 2.62. The van der Waals surface area contributed by atoms with Crippen LogP contribution in [0, 0.1) is 0 Å². The molecule has 19 heavy (non-hydrogen) atoms. The monoisotopic (exact) mass is 252 g/mol. The topological polar surface area (TPSA) is 40.5 Å². The summed E-state index contributed by atoms with van der Waals surface area (Å²) in [6, 6.07) is 13.3. The molecule has 0 fully saturated rings. The zero-order valence-electron chi connectivity index (χ0n) is 10.9. The van der Waals surface area contributed by atoms with Gasteiger partial charge in [-0.25, -0.2) is 0 Å². The minimum absolute atomic E-state index is 0.242. The van der Waals surface area contributed by atoms with Crippen LogP contribution in [-0.4, -0.2) is 10.2 Å². The molecule has 2 N–H and O–H groups in total. The number of aryl methyl sites for hydroxylation is 1. The van der Waals surface area contributed by atoms with E-state index in [9.17, 15) is 10.2 Å². The molecule has 0 atom stereocenters. The lowest BCUT2D eigenvalue weighted by Crippen LogP contribution is -1.86. The molecule has 3 aromatic rings. The quantitative estimate of drug-likeness (QED) is 0.525. The smallest absolute Gasteiger partial charge is 0.131 e. The molecule has 0 aromatic heterocycles. The maximum Gasteiger partial charge on any atom is 0.131 e. The van der Waals surface area contributed by atoms with Gasteiger partial charge in [-0.05, 0) is 18.1 Å². The Morgan fingerprint density at radius 2 is 1.37 bits per heavy atom. The van der Waals surface area contributed by atoms with Crippen molar-refractivity contribution in [2.75, 3.05) is 0 Å². The Morgan fingerprint density at radius 1 is 0.789 bits per heavy atom. The van der Waals surface area contributed by atoms with Crippen molar-refractivity contribution >= 4 is 21.5 Å². The lowest BCUT2D eigenvalue weighted by molar-refractivity contribution is 0.478. The Morgan fingerprint density at radius 3 is 2.00 bits per heavy atom. The van der Waals surface area contributed by atoms with E-state index in [1.807, 2.05) is 42.5 Å². The molecule has 0 heterocycles. The summed E-state index contributed by atoms with van der Waals surface area (Å²) in [4.78, 5) is 0. The van der Waals surface area contributed by atoms with Crippen LogP contribution in [0.1, 0.15) is 18.9 Å². The molecule has 0 radical (unpaired) electrons. The third kappa shape index (κ3) is 1.80. The molecule has 0 unspecified atom stereocenters. The van der Waals surface area contributed by atoms with Gasteiger partial charge < -0.3 is 10.2 Å². The minimum Gasteiger partial charge on any atom is -0.507 e. The number of phenols is 2. The number of aromatic hydroxyl groups is 2. The summed E-state index contributed by atoms with van der Waals surface area (Å²) in [7, 11) is 0. The van der Waals surface area contributed by atoms with E-state index in [1.165, 1.54) is 5.56 Å². The van der Waals surface area contributed by atoms with Crippen molar-refractivity contribution in [2.24, 2.45) is 0 Å². The molecule has 3 rings (SSSR count). The van der Waals surface area contributed by atoms with E-state index in [-0.39, 0.29) is 11.5 Å². The number of hydrogen-bond acceptors (Lipinski definition) is 2. The van der Waals surface area contributed by atoms with Gasteiger partial charge in [-0.2, -0.15) is 0 Å². The number of hydrogen-bond donors (Lipinski definition) is 2. The fourth-order valence-corrected chi connectivity index (χ4v) is 2.62. The summed E-state index contributed by atoms with van der Waals surface area (Å²) >= 11 is 0. The molecule has 2 heteroatoms. The Kier molecular flexibility index (Phi) is 2.79. The van der Waals surface area contributed by atoms with Gasteiger partial charge in [0.15, 0.2) is 0 Å². The van der Waals surface area contributed by atoms with Crippen LogP contribution in [0.2, 0.25) is 0 Å². The van der Waals surface area contributed by atoms with Gasteiger partial charge >= 0.3 is 0 Å². The van der Waals surface area contributed by atoms with Crippen molar-refractivity contribution in [3.8, 4) is 11.5 Å². The van der Waals surface area contributed by atoms with E-state index in [0.717, 1.165) is 18.2 Å². The zero-order valence-corrected chi connectivity index (χ0v) is 10.9. The van der Waals surface area contributed by atoms with Crippen LogP contribution in [0.5, 0.6) is 11.5 Å². The highest BCUT2D eigenvalue weighted by Gasteiger charge is 2.12. The lowest BCUT2D eigenvalue weighted by Gasteiger charge is -2.10. The Bertz CT molecular complexity index is 760. The van der Waals surface area contributed by atoms with Gasteiger partial charge in [-0.15, -0.1) is 0 Å². The summed E-state index contributed by atoms with van der Waals surface area (Å²) in [6.07, 6.45) is 2.04. The largest absolute Gasteiger partial charge is 0.507 e. The molecule has 0 aliphatic carbocycles. The zero-order chi connectivity index (χ0) is 13.4. The SMILES string of the molecule is CCCc1ccc2c(O)c3ccccc3c(O)c2c1. The van der Waals surface area contributed by atoms with Gasteiger partial charge in [0.25, 0.3) is 0 Å². The predicted molar refractivity (Wildman–Crippen MR) is 78.8 cm³/mol. The number of fused-ring (bicyclic) bond motifs is 2. The normalized spacial score (nSPS) is 11.2. The summed E-state index contributed by atoms with van der Waals surface area (Å²) in [6.45, 7) is 2.13. The molecule has 96 valence electrons. The molecular formula is C17H16O2. The second kappa shape index (κ2) is 4.47. The maximum absolute atomic E-state index is 10.4. The van der Waals surface area contributed by atoms with Crippen molar-refractivity contribution in [1.82, 2.24) is 0 Å². The molecule has 0 aliphatic heterocycles. The summed E-state index contributed by atoms with van der Waals surface area (Å²) < 4.78 is 0. The first-order valence-electron chi connectivity index (χ1n) is 6.57. The van der Waals surface area contributed by atoms with E-state index < -0.39 is 0 Å². The predicted octanol–water partition coefficient (Wildman–Crippen LogP) is 4.36. The van der Waals surface area contributed by atoms with Crippen LogP contribution in [0.15, 0.2) is 42.5 Å². The van der Waals surface area contributed by atoms with Gasteiger partial charge in [0.2, 0.25) is 0 Å². The van der Waals surface area contributed by atoms with Gasteiger partial charge in [-0.1, -0.05) is 49.7 Å². The van der Waals surface area contributed by atoms with Crippen LogP contribution < -0.4 is 0 Å². The van der Waals surface area contributed by atoms with E-state index in [4.69, 9.17) is 0 Å². The van der Waals surface area contributed by atoms with E-state index >= 15 is 0 Å². The number of rotatable bonds is 2. The summed E-state index contributed by atoms with van der Waals surface area (Å²) in [5.41, 5.74) is 1.18. The minimum atomic E-state index is 0.242. The average Bonchev–Trinajstić information content (AvgIpc) is 2.45. The van der Waals surface area contributed by atoms with Gasteiger partial charge in [0.1, 0.15) is 11.5 Å². The Hall–Kier alpha value is -2.22. The van der Waals surface area contributed by atoms with E-state index in [2.05, 4.69) is 6.92 Å². The fraction of sp³-hybridized carbons (Fsp3) is 0.176. The number of benzene rings is 3. The highest BCUT2D eigenvalue weighted by molar-refractivity contribution is 6.10. The second-order valence-corrected chi connectivity index (χ2v) is 4.87. The van der Waals surface area contributed by atoms with Crippen molar-refractivity contribution < 1.29 is 10.2 Å². The first-order valence-corrected chi connectivity index (χ1v) is 6.57. The molecule has 0 spiro atoms. The van der Waals surface area contributed by atoms with E-state index in [0.29, 0.717) is 16.2 Å². The molecule has 0 bridgehead atoms. The third-order valence-electron chi connectivity index (χ3n) is 3.57. The molecule has 3 aromatic carbocycles. The molecule has 0 saturated carbocycles. The maximum atomic E-state index is 10.4. The standard InChI is InChI=1S/C17H16O2/c1-2-5-11-8-9-14-15(10-11)17(19)13-7-4-3-6-12(13)16(14)18/h3-4,6-10,18-19H,2,5H2,1H3. The first kappa shape index (κ1) is 11.8. The molecule has 2 nitrogen and oxygen atoms in total. The summed E-state index contributed by atoms with van der Waals surface area (Å²) in [5.74, 6) is 0.493. The highest BCUT2D eigenvalue weighted by atomic mass is 16.3. The van der Waals surface area contributed by atoms with Gasteiger partial charge in [0, 0.05) is 21.5 Å². The summed E-state index contributed by atoms with van der Waals surface area (Å²) in [5, 5.41) is 23.6. The Labute approximate surface area is 111 Å².